The molecule has 0 radical (unpaired) electrons. The van der Waals surface area contributed by atoms with E-state index in [-0.39, 0.29) is 11.6 Å². The molecule has 7 rings (SSSR count). The minimum Gasteiger partial charge on any atom is -0.350 e. The lowest BCUT2D eigenvalue weighted by atomic mass is 9.45. The van der Waals surface area contributed by atoms with E-state index in [9.17, 15) is 13.6 Å². The highest BCUT2D eigenvalue weighted by Gasteiger charge is 2.54. The van der Waals surface area contributed by atoms with Crippen LogP contribution in [0.2, 0.25) is 0 Å². The van der Waals surface area contributed by atoms with Crippen molar-refractivity contribution in [3.63, 3.8) is 0 Å². The van der Waals surface area contributed by atoms with E-state index in [1.807, 2.05) is 6.92 Å². The van der Waals surface area contributed by atoms with E-state index in [0.29, 0.717) is 35.9 Å². The van der Waals surface area contributed by atoms with Gasteiger partial charge in [0.25, 0.3) is 5.91 Å². The predicted octanol–water partition coefficient (Wildman–Crippen LogP) is 5.89. The van der Waals surface area contributed by atoms with Gasteiger partial charge in [0.05, 0.1) is 10.6 Å². The molecule has 2 bridgehead atoms. The molecule has 3 atom stereocenters. The molecule has 4 aliphatic carbocycles. The monoisotopic (exact) mass is 467 g/mol. The molecule has 0 spiro atoms. The van der Waals surface area contributed by atoms with Crippen LogP contribution < -0.4 is 5.32 Å². The molecule has 33 heavy (non-hydrogen) atoms. The second-order valence-electron chi connectivity index (χ2n) is 10.5. The Labute approximate surface area is 196 Å². The Bertz CT molecular complexity index is 1290. The maximum Gasteiger partial charge on any atom is 0.272 e. The Balaban J connectivity index is 1.33. The fourth-order valence-electron chi connectivity index (χ4n) is 6.46. The minimum atomic E-state index is -0.696. The third-order valence-electron chi connectivity index (χ3n) is 8.38. The number of amides is 1. The molecule has 3 unspecified atom stereocenters. The van der Waals surface area contributed by atoms with Crippen LogP contribution in [0.3, 0.4) is 0 Å². The van der Waals surface area contributed by atoms with Crippen LogP contribution >= 0.6 is 11.3 Å². The summed E-state index contributed by atoms with van der Waals surface area (Å²) in [5.41, 5.74) is 3.56. The lowest BCUT2D eigenvalue weighted by molar-refractivity contribution is -0.103. The van der Waals surface area contributed by atoms with Crippen molar-refractivity contribution >= 4 is 17.2 Å². The summed E-state index contributed by atoms with van der Waals surface area (Å²) in [4.78, 5) is 15.5. The second-order valence-corrected chi connectivity index (χ2v) is 11.7. The van der Waals surface area contributed by atoms with Gasteiger partial charge in [0, 0.05) is 29.5 Å². The zero-order valence-electron chi connectivity index (χ0n) is 19.0. The summed E-state index contributed by atoms with van der Waals surface area (Å²) in [6.07, 6.45) is 4.25. The summed E-state index contributed by atoms with van der Waals surface area (Å²) >= 11 is 1.61. The Kier molecular flexibility index (Phi) is 4.60. The molecule has 3 aromatic rings. The molecule has 3 fully saturated rings. The number of nitrogens with zero attached hydrogens (tertiary/aromatic N) is 2. The number of aryl methyl sites for hydroxylation is 1. The number of rotatable bonds is 4. The molecule has 7 heteroatoms. The molecular formula is C26H27F2N3OS. The van der Waals surface area contributed by atoms with Gasteiger partial charge in [-0.2, -0.15) is 5.10 Å². The summed E-state index contributed by atoms with van der Waals surface area (Å²) in [5.74, 6) is 0.420. The fraction of sp³-hybridized carbons (Fsp3) is 0.462. The molecule has 1 aromatic carbocycles. The Morgan fingerprint density at radius 2 is 2.09 bits per heavy atom. The summed E-state index contributed by atoms with van der Waals surface area (Å²) in [5, 5.41) is 7.72. The average molecular weight is 468 g/mol. The van der Waals surface area contributed by atoms with Crippen molar-refractivity contribution in [1.29, 1.82) is 0 Å². The second kappa shape index (κ2) is 7.23. The fourth-order valence-corrected chi connectivity index (χ4v) is 7.56. The van der Waals surface area contributed by atoms with Crippen molar-refractivity contribution in [2.24, 2.45) is 23.2 Å². The number of carbonyl (C=O) groups excluding carboxylic acids is 1. The van der Waals surface area contributed by atoms with Crippen LogP contribution in [-0.2, 0) is 6.42 Å². The van der Waals surface area contributed by atoms with Gasteiger partial charge in [-0.1, -0.05) is 13.8 Å². The summed E-state index contributed by atoms with van der Waals surface area (Å²) < 4.78 is 29.7. The van der Waals surface area contributed by atoms with E-state index in [2.05, 4.69) is 30.3 Å². The molecule has 4 aliphatic rings. The third kappa shape index (κ3) is 3.11. The first-order chi connectivity index (χ1) is 15.7. The average Bonchev–Trinajstić information content (AvgIpc) is 3.41. The Hall–Kier alpha value is -2.54. The van der Waals surface area contributed by atoms with E-state index in [4.69, 9.17) is 0 Å². The molecule has 4 nitrogen and oxygen atoms in total. The van der Waals surface area contributed by atoms with Crippen molar-refractivity contribution in [3.8, 4) is 16.3 Å². The maximum absolute atomic E-state index is 14.7. The van der Waals surface area contributed by atoms with Crippen LogP contribution in [0.4, 0.5) is 8.78 Å². The summed E-state index contributed by atoms with van der Waals surface area (Å²) in [6.45, 7) is 7.39. The van der Waals surface area contributed by atoms with E-state index >= 15 is 0 Å². The van der Waals surface area contributed by atoms with Gasteiger partial charge in [0.2, 0.25) is 0 Å². The van der Waals surface area contributed by atoms with Gasteiger partial charge in [0.1, 0.15) is 11.5 Å². The zero-order chi connectivity index (χ0) is 23.1. The van der Waals surface area contributed by atoms with E-state index in [1.54, 1.807) is 11.3 Å². The third-order valence-corrected chi connectivity index (χ3v) is 9.48. The summed E-state index contributed by atoms with van der Waals surface area (Å²) in [6, 6.07) is 5.58. The topological polar surface area (TPSA) is 46.9 Å². The highest BCUT2D eigenvalue weighted by molar-refractivity contribution is 7.15. The van der Waals surface area contributed by atoms with Gasteiger partial charge >= 0.3 is 0 Å². The largest absolute Gasteiger partial charge is 0.350 e. The Morgan fingerprint density at radius 3 is 2.82 bits per heavy atom. The molecule has 0 saturated heterocycles. The Morgan fingerprint density at radius 1 is 1.27 bits per heavy atom. The molecule has 1 amide bonds. The van der Waals surface area contributed by atoms with Crippen LogP contribution in [-0.4, -0.2) is 22.2 Å². The normalized spacial score (nSPS) is 24.2. The van der Waals surface area contributed by atoms with E-state index in [0.717, 1.165) is 45.0 Å². The molecule has 3 saturated carbocycles. The molecule has 2 aromatic heterocycles. The molecule has 0 aliphatic heterocycles. The molecular weight excluding hydrogens is 440 g/mol. The standard InChI is InChI=1S/C26H27F2N3OS/c1-13-8-15-9-18-22(25(32)29-12-14-4-5-16-10-19(14)26(16,2)3)30-31(23(18)24(15)33-13)21-7-6-17(27)11-20(21)28/h6-8,11,14,16,19H,4-5,9-10,12H2,1-3H3,(H,29,32). The van der Waals surface area contributed by atoms with Crippen molar-refractivity contribution in [2.75, 3.05) is 6.54 Å². The van der Waals surface area contributed by atoms with Crippen LogP contribution in [0, 0.1) is 41.7 Å². The number of carbonyl (C=O) groups is 1. The van der Waals surface area contributed by atoms with Gasteiger partial charge in [-0.05, 0) is 73.1 Å². The molecule has 2 heterocycles. The van der Waals surface area contributed by atoms with Gasteiger partial charge in [0.15, 0.2) is 11.5 Å². The van der Waals surface area contributed by atoms with Gasteiger partial charge < -0.3 is 5.32 Å². The van der Waals surface area contributed by atoms with Gasteiger partial charge in [-0.25, -0.2) is 13.5 Å². The first-order valence-corrected chi connectivity index (χ1v) is 12.5. The van der Waals surface area contributed by atoms with Crippen LogP contribution in [0.1, 0.15) is 59.6 Å². The lowest BCUT2D eigenvalue weighted by Crippen LogP contribution is -2.54. The molecule has 172 valence electrons. The van der Waals surface area contributed by atoms with Crippen molar-refractivity contribution < 1.29 is 13.6 Å². The smallest absolute Gasteiger partial charge is 0.272 e. The van der Waals surface area contributed by atoms with Crippen LogP contribution in [0.25, 0.3) is 16.3 Å². The number of halogens is 2. The minimum absolute atomic E-state index is 0.153. The number of hydrogen-bond donors (Lipinski definition) is 1. The number of hydrogen-bond acceptors (Lipinski definition) is 3. The number of nitrogens with one attached hydrogen (secondary N) is 1. The number of aromatic nitrogens is 2. The lowest BCUT2D eigenvalue weighted by Gasteiger charge is -2.60. The zero-order valence-corrected chi connectivity index (χ0v) is 19.9. The summed E-state index contributed by atoms with van der Waals surface area (Å²) in [7, 11) is 0. The van der Waals surface area contributed by atoms with Crippen LogP contribution in [0.15, 0.2) is 24.3 Å². The van der Waals surface area contributed by atoms with Gasteiger partial charge in [-0.3, -0.25) is 4.79 Å². The number of fused-ring (bicyclic) bond motifs is 5. The maximum atomic E-state index is 14.7. The van der Waals surface area contributed by atoms with Crippen molar-refractivity contribution in [2.45, 2.75) is 46.5 Å². The first kappa shape index (κ1) is 21.0. The highest BCUT2D eigenvalue weighted by atomic mass is 32.1. The van der Waals surface area contributed by atoms with E-state index in [1.165, 1.54) is 29.7 Å². The first-order valence-electron chi connectivity index (χ1n) is 11.7. The van der Waals surface area contributed by atoms with Crippen molar-refractivity contribution in [3.05, 3.63) is 57.6 Å². The number of benzene rings is 1. The van der Waals surface area contributed by atoms with Gasteiger partial charge in [-0.15, -0.1) is 11.3 Å². The van der Waals surface area contributed by atoms with Crippen molar-refractivity contribution in [1.82, 2.24) is 15.1 Å². The molecule has 1 N–H and O–H groups in total. The van der Waals surface area contributed by atoms with Crippen LogP contribution in [0.5, 0.6) is 0 Å². The number of thiophene rings is 1. The SMILES string of the molecule is Cc1cc2c(s1)-c1c(c(C(=O)NCC3CCC4CC3C4(C)C)nn1-c1ccc(F)cc1F)C2. The van der Waals surface area contributed by atoms with E-state index < -0.39 is 11.6 Å². The highest BCUT2D eigenvalue weighted by Crippen LogP contribution is 2.61. The quantitative estimate of drug-likeness (QED) is 0.407. The predicted molar refractivity (Wildman–Crippen MR) is 125 cm³/mol.